The van der Waals surface area contributed by atoms with E-state index in [1.54, 1.807) is 20.2 Å². The van der Waals surface area contributed by atoms with Gasteiger partial charge in [0.1, 0.15) is 11.6 Å². The Labute approximate surface area is 141 Å². The molecule has 0 amide bonds. The first-order chi connectivity index (χ1) is 11.7. The smallest absolute Gasteiger partial charge is 0.191 e. The van der Waals surface area contributed by atoms with Crippen LogP contribution in [0.3, 0.4) is 0 Å². The molecule has 0 aliphatic heterocycles. The van der Waals surface area contributed by atoms with Crippen molar-refractivity contribution in [3.05, 3.63) is 65.5 Å². The fourth-order valence-corrected chi connectivity index (χ4v) is 2.77. The van der Waals surface area contributed by atoms with E-state index in [4.69, 9.17) is 4.74 Å². The van der Waals surface area contributed by atoms with Crippen LogP contribution in [0.4, 0.5) is 4.39 Å². The normalized spacial score (nSPS) is 19.7. The summed E-state index contributed by atoms with van der Waals surface area (Å²) < 4.78 is 19.0. The van der Waals surface area contributed by atoms with Gasteiger partial charge in [0, 0.05) is 25.6 Å². The molecule has 0 spiro atoms. The van der Waals surface area contributed by atoms with Gasteiger partial charge in [-0.2, -0.15) is 0 Å². The minimum atomic E-state index is -0.132. The molecule has 1 saturated carbocycles. The zero-order valence-corrected chi connectivity index (χ0v) is 13.9. The number of benzene rings is 2. The minimum absolute atomic E-state index is 0.132. The molecule has 0 saturated heterocycles. The highest BCUT2D eigenvalue weighted by Gasteiger charge is 2.40. The van der Waals surface area contributed by atoms with E-state index < -0.39 is 0 Å². The number of hydrogen-bond acceptors (Lipinski definition) is 2. The Balaban J connectivity index is 1.52. The van der Waals surface area contributed by atoms with Crippen molar-refractivity contribution in [2.75, 3.05) is 14.2 Å². The van der Waals surface area contributed by atoms with E-state index in [1.807, 2.05) is 36.4 Å². The molecule has 2 unspecified atom stereocenters. The first-order valence-corrected chi connectivity index (χ1v) is 8.06. The second kappa shape index (κ2) is 7.34. The number of guanidine groups is 1. The Morgan fingerprint density at radius 2 is 1.96 bits per heavy atom. The van der Waals surface area contributed by atoms with Crippen LogP contribution in [0.15, 0.2) is 53.5 Å². The highest BCUT2D eigenvalue weighted by molar-refractivity contribution is 5.80. The summed E-state index contributed by atoms with van der Waals surface area (Å²) >= 11 is 0. The lowest BCUT2D eigenvalue weighted by molar-refractivity contribution is 0.414. The Morgan fingerprint density at radius 3 is 2.62 bits per heavy atom. The highest BCUT2D eigenvalue weighted by Crippen LogP contribution is 2.41. The maximum absolute atomic E-state index is 13.8. The summed E-state index contributed by atoms with van der Waals surface area (Å²) in [6.45, 7) is 0.667. The third-order valence-corrected chi connectivity index (χ3v) is 4.26. The SMILES string of the molecule is CN=C(NCc1ccc(OC)cc1)NC1CC1c1ccccc1F. The quantitative estimate of drug-likeness (QED) is 0.655. The monoisotopic (exact) mass is 327 g/mol. The van der Waals surface area contributed by atoms with Crippen molar-refractivity contribution in [3.8, 4) is 5.75 Å². The van der Waals surface area contributed by atoms with Gasteiger partial charge in [0.05, 0.1) is 7.11 Å². The molecule has 0 bridgehead atoms. The van der Waals surface area contributed by atoms with Crippen LogP contribution in [0.1, 0.15) is 23.5 Å². The summed E-state index contributed by atoms with van der Waals surface area (Å²) in [6.07, 6.45) is 0.921. The number of ether oxygens (including phenoxy) is 1. The number of methoxy groups -OCH3 is 1. The molecule has 1 aliphatic carbocycles. The van der Waals surface area contributed by atoms with Crippen LogP contribution < -0.4 is 15.4 Å². The Hall–Kier alpha value is -2.56. The van der Waals surface area contributed by atoms with E-state index in [2.05, 4.69) is 15.6 Å². The number of halogens is 1. The second-order valence-corrected chi connectivity index (χ2v) is 5.89. The van der Waals surface area contributed by atoms with Crippen molar-refractivity contribution in [2.45, 2.75) is 24.9 Å². The van der Waals surface area contributed by atoms with Crippen LogP contribution in [0, 0.1) is 5.82 Å². The number of hydrogen-bond donors (Lipinski definition) is 2. The van der Waals surface area contributed by atoms with Crippen molar-refractivity contribution in [2.24, 2.45) is 4.99 Å². The molecule has 2 aromatic rings. The van der Waals surface area contributed by atoms with Crippen LogP contribution in [-0.2, 0) is 6.54 Å². The molecule has 2 N–H and O–H groups in total. The topological polar surface area (TPSA) is 45.7 Å². The van der Waals surface area contributed by atoms with Gasteiger partial charge >= 0.3 is 0 Å². The number of nitrogens with one attached hydrogen (secondary N) is 2. The third kappa shape index (κ3) is 3.85. The second-order valence-electron chi connectivity index (χ2n) is 5.89. The van der Waals surface area contributed by atoms with Crippen molar-refractivity contribution < 1.29 is 9.13 Å². The fraction of sp³-hybridized carbons (Fsp3) is 0.316. The third-order valence-electron chi connectivity index (χ3n) is 4.26. The average molecular weight is 327 g/mol. The fourth-order valence-electron chi connectivity index (χ4n) is 2.77. The van der Waals surface area contributed by atoms with Crippen molar-refractivity contribution in [1.29, 1.82) is 0 Å². The Kier molecular flexibility index (Phi) is 4.99. The first-order valence-electron chi connectivity index (χ1n) is 8.06. The summed E-state index contributed by atoms with van der Waals surface area (Å²) in [5.41, 5.74) is 1.92. The molecule has 5 heteroatoms. The van der Waals surface area contributed by atoms with E-state index in [1.165, 1.54) is 6.07 Å². The predicted octanol–water partition coefficient (Wildman–Crippen LogP) is 3.06. The van der Waals surface area contributed by atoms with Crippen LogP contribution in [0.2, 0.25) is 0 Å². The van der Waals surface area contributed by atoms with Crippen LogP contribution in [0.5, 0.6) is 5.75 Å². The summed E-state index contributed by atoms with van der Waals surface area (Å²) in [7, 11) is 3.39. The van der Waals surface area contributed by atoms with Gasteiger partial charge in [-0.25, -0.2) is 4.39 Å². The zero-order chi connectivity index (χ0) is 16.9. The highest BCUT2D eigenvalue weighted by atomic mass is 19.1. The number of nitrogens with zero attached hydrogens (tertiary/aromatic N) is 1. The summed E-state index contributed by atoms with van der Waals surface area (Å²) in [6, 6.07) is 15.1. The van der Waals surface area contributed by atoms with Gasteiger partial charge in [0.15, 0.2) is 5.96 Å². The molecule has 1 aliphatic rings. The molecular weight excluding hydrogens is 305 g/mol. The van der Waals surface area contributed by atoms with E-state index in [0.29, 0.717) is 6.54 Å². The summed E-state index contributed by atoms with van der Waals surface area (Å²) in [5.74, 6) is 1.65. The standard InChI is InChI=1S/C19H22FN3O/c1-21-19(22-12-13-7-9-14(24-2)10-8-13)23-18-11-16(18)15-5-3-4-6-17(15)20/h3-10,16,18H,11-12H2,1-2H3,(H2,21,22,23). The van der Waals surface area contributed by atoms with E-state index >= 15 is 0 Å². The van der Waals surface area contributed by atoms with Gasteiger partial charge in [-0.1, -0.05) is 30.3 Å². The molecule has 2 aromatic carbocycles. The van der Waals surface area contributed by atoms with Gasteiger partial charge in [-0.3, -0.25) is 4.99 Å². The lowest BCUT2D eigenvalue weighted by Gasteiger charge is -2.12. The first kappa shape index (κ1) is 16.3. The largest absolute Gasteiger partial charge is 0.497 e. The van der Waals surface area contributed by atoms with Crippen molar-refractivity contribution >= 4 is 5.96 Å². The molecular formula is C19H22FN3O. The molecule has 0 radical (unpaired) electrons. The molecule has 3 rings (SSSR count). The van der Waals surface area contributed by atoms with Gasteiger partial charge in [-0.05, 0) is 35.7 Å². The molecule has 126 valence electrons. The summed E-state index contributed by atoms with van der Waals surface area (Å²) in [5, 5.41) is 6.64. The van der Waals surface area contributed by atoms with Gasteiger partial charge in [-0.15, -0.1) is 0 Å². The van der Waals surface area contributed by atoms with E-state index in [0.717, 1.165) is 29.3 Å². The molecule has 4 nitrogen and oxygen atoms in total. The molecule has 0 heterocycles. The van der Waals surface area contributed by atoms with Gasteiger partial charge in [0.25, 0.3) is 0 Å². The predicted molar refractivity (Wildman–Crippen MR) is 93.9 cm³/mol. The molecule has 2 atom stereocenters. The molecule has 24 heavy (non-hydrogen) atoms. The molecule has 0 aromatic heterocycles. The maximum atomic E-state index is 13.8. The summed E-state index contributed by atoms with van der Waals surface area (Å²) in [4.78, 5) is 4.24. The lowest BCUT2D eigenvalue weighted by Crippen LogP contribution is -2.38. The van der Waals surface area contributed by atoms with E-state index in [9.17, 15) is 4.39 Å². The van der Waals surface area contributed by atoms with Gasteiger partial charge in [0.2, 0.25) is 0 Å². The average Bonchev–Trinajstić information content (AvgIpc) is 3.38. The Bertz CT molecular complexity index is 715. The lowest BCUT2D eigenvalue weighted by atomic mass is 10.1. The maximum Gasteiger partial charge on any atom is 0.191 e. The number of rotatable bonds is 5. The van der Waals surface area contributed by atoms with Crippen molar-refractivity contribution in [1.82, 2.24) is 10.6 Å². The van der Waals surface area contributed by atoms with Crippen LogP contribution in [-0.4, -0.2) is 26.2 Å². The zero-order valence-electron chi connectivity index (χ0n) is 13.9. The minimum Gasteiger partial charge on any atom is -0.497 e. The van der Waals surface area contributed by atoms with E-state index in [-0.39, 0.29) is 17.8 Å². The molecule has 1 fully saturated rings. The van der Waals surface area contributed by atoms with Gasteiger partial charge < -0.3 is 15.4 Å². The number of aliphatic imine (C=N–C) groups is 1. The Morgan fingerprint density at radius 1 is 1.21 bits per heavy atom. The van der Waals surface area contributed by atoms with Crippen molar-refractivity contribution in [3.63, 3.8) is 0 Å². The van der Waals surface area contributed by atoms with Crippen LogP contribution in [0.25, 0.3) is 0 Å². The van der Waals surface area contributed by atoms with Crippen LogP contribution >= 0.6 is 0 Å².